The van der Waals surface area contributed by atoms with Crippen molar-refractivity contribution in [1.82, 2.24) is 4.90 Å². The molecule has 8 heteroatoms. The van der Waals surface area contributed by atoms with Gasteiger partial charge in [0.15, 0.2) is 0 Å². The number of hydrogen-bond acceptors (Lipinski definition) is 6. The molecule has 0 saturated carbocycles. The summed E-state index contributed by atoms with van der Waals surface area (Å²) >= 11 is 6.04. The summed E-state index contributed by atoms with van der Waals surface area (Å²) < 4.78 is 19.5. The van der Waals surface area contributed by atoms with Crippen LogP contribution >= 0.6 is 24.0 Å². The minimum atomic E-state index is -1.39. The molecule has 1 saturated heterocycles. The third kappa shape index (κ3) is 3.35. The molecule has 128 valence electrons. The van der Waals surface area contributed by atoms with Crippen LogP contribution in [-0.4, -0.2) is 27.1 Å². The molecule has 1 aliphatic rings. The summed E-state index contributed by atoms with van der Waals surface area (Å²) in [5, 5.41) is 11.0. The Morgan fingerprint density at radius 3 is 2.76 bits per heavy atom. The molecule has 1 aliphatic heterocycles. The summed E-state index contributed by atoms with van der Waals surface area (Å²) in [6.45, 7) is 1.33. The second-order valence-corrected chi connectivity index (χ2v) is 6.90. The first kappa shape index (κ1) is 17.4. The molecule has 0 spiro atoms. The van der Waals surface area contributed by atoms with Gasteiger partial charge in [0, 0.05) is 6.08 Å². The molecule has 1 amide bonds. The van der Waals surface area contributed by atoms with Crippen molar-refractivity contribution in [2.45, 2.75) is 13.0 Å². The summed E-state index contributed by atoms with van der Waals surface area (Å²) in [7, 11) is 0. The number of thioether (sulfide) groups is 1. The molecule has 1 atom stereocenters. The van der Waals surface area contributed by atoms with Crippen LogP contribution in [-0.2, 0) is 9.59 Å². The first-order valence-electron chi connectivity index (χ1n) is 7.21. The van der Waals surface area contributed by atoms with Gasteiger partial charge in [-0.2, -0.15) is 0 Å². The monoisotopic (exact) mass is 376 g/mol. The van der Waals surface area contributed by atoms with Gasteiger partial charge in [0.25, 0.3) is 5.91 Å². The molecule has 5 nitrogen and oxygen atoms in total. The summed E-state index contributed by atoms with van der Waals surface area (Å²) in [5.74, 6) is -1.69. The topological polar surface area (TPSA) is 73.6 Å². The van der Waals surface area contributed by atoms with Gasteiger partial charge in [0.1, 0.15) is 21.7 Å². The minimum Gasteiger partial charge on any atom is -0.548 e. The molecule has 1 aromatic carbocycles. The molecule has 0 N–H and O–H groups in total. The lowest BCUT2D eigenvalue weighted by Gasteiger charge is -2.23. The summed E-state index contributed by atoms with van der Waals surface area (Å²) in [6.07, 6.45) is 1.45. The van der Waals surface area contributed by atoms with Gasteiger partial charge in [0.2, 0.25) is 0 Å². The van der Waals surface area contributed by atoms with Gasteiger partial charge in [-0.25, -0.2) is 4.39 Å². The molecule has 1 fully saturated rings. The first-order valence-corrected chi connectivity index (χ1v) is 8.43. The van der Waals surface area contributed by atoms with Gasteiger partial charge in [-0.3, -0.25) is 9.69 Å². The maximum absolute atomic E-state index is 13.8. The van der Waals surface area contributed by atoms with Crippen LogP contribution in [0.2, 0.25) is 0 Å². The molecule has 3 rings (SSSR count). The van der Waals surface area contributed by atoms with E-state index in [2.05, 4.69) is 0 Å². The van der Waals surface area contributed by atoms with Crippen molar-refractivity contribution in [3.8, 4) is 11.3 Å². The Bertz CT molecular complexity index is 906. The van der Waals surface area contributed by atoms with Crippen LogP contribution in [0.5, 0.6) is 0 Å². The predicted octanol–water partition coefficient (Wildman–Crippen LogP) is 2.43. The van der Waals surface area contributed by atoms with E-state index in [4.69, 9.17) is 16.6 Å². The molecule has 2 heterocycles. The van der Waals surface area contributed by atoms with E-state index >= 15 is 0 Å². The van der Waals surface area contributed by atoms with Crippen LogP contribution in [0.25, 0.3) is 17.4 Å². The predicted molar refractivity (Wildman–Crippen MR) is 93.6 cm³/mol. The Balaban J connectivity index is 1.88. The van der Waals surface area contributed by atoms with Gasteiger partial charge < -0.3 is 14.3 Å². The zero-order chi connectivity index (χ0) is 18.1. The van der Waals surface area contributed by atoms with Crippen LogP contribution in [0.1, 0.15) is 12.7 Å². The van der Waals surface area contributed by atoms with Gasteiger partial charge in [-0.1, -0.05) is 36.1 Å². The number of furan rings is 1. The molecule has 0 aliphatic carbocycles. The fraction of sp³-hybridized carbons (Fsp3) is 0.118. The highest BCUT2D eigenvalue weighted by atomic mass is 32.2. The zero-order valence-electron chi connectivity index (χ0n) is 12.9. The number of amides is 1. The number of carboxylic acids is 1. The number of carbonyl (C=O) groups excluding carboxylic acids is 2. The zero-order valence-corrected chi connectivity index (χ0v) is 14.5. The molecular weight excluding hydrogens is 365 g/mol. The number of halogens is 1. The van der Waals surface area contributed by atoms with Crippen LogP contribution in [0.15, 0.2) is 45.7 Å². The maximum Gasteiger partial charge on any atom is 0.266 e. The standard InChI is InChI=1S/C17H12FNO4S2/c1-9(16(21)22)19-15(20)14(25-17(19)24)8-10-6-7-13(23-10)11-4-2-3-5-12(11)18/h2-9H,1H3,(H,21,22)/p-1/b14-8+/t9-/m1/s1. The second kappa shape index (κ2) is 6.81. The van der Waals surface area contributed by atoms with Crippen LogP contribution < -0.4 is 5.11 Å². The summed E-state index contributed by atoms with van der Waals surface area (Å²) in [4.78, 5) is 24.6. The SMILES string of the molecule is C[C@H](C(=O)[O-])N1C(=O)/C(=C\c2ccc(-c3ccccc3F)o2)SC1=S. The van der Waals surface area contributed by atoms with Crippen molar-refractivity contribution >= 4 is 46.3 Å². The van der Waals surface area contributed by atoms with E-state index < -0.39 is 23.7 Å². The highest BCUT2D eigenvalue weighted by Gasteiger charge is 2.36. The Morgan fingerprint density at radius 1 is 1.36 bits per heavy atom. The van der Waals surface area contributed by atoms with Crippen molar-refractivity contribution in [3.63, 3.8) is 0 Å². The summed E-state index contributed by atoms with van der Waals surface area (Å²) in [6, 6.07) is 8.19. The average Bonchev–Trinajstić information content (AvgIpc) is 3.13. The van der Waals surface area contributed by atoms with Crippen molar-refractivity contribution in [3.05, 3.63) is 52.9 Å². The lowest BCUT2D eigenvalue weighted by molar-refractivity contribution is -0.309. The van der Waals surface area contributed by atoms with Gasteiger partial charge in [0.05, 0.1) is 22.5 Å². The van der Waals surface area contributed by atoms with Crippen molar-refractivity contribution in [2.24, 2.45) is 0 Å². The second-order valence-electron chi connectivity index (χ2n) is 5.23. The molecule has 0 radical (unpaired) electrons. The van der Waals surface area contributed by atoms with Gasteiger partial charge in [-0.05, 0) is 31.2 Å². The summed E-state index contributed by atoms with van der Waals surface area (Å²) in [5.41, 5.74) is 0.306. The lowest BCUT2D eigenvalue weighted by atomic mass is 10.1. The van der Waals surface area contributed by atoms with Crippen molar-refractivity contribution in [1.29, 1.82) is 0 Å². The van der Waals surface area contributed by atoms with Crippen molar-refractivity contribution < 1.29 is 23.5 Å². The number of aliphatic carboxylic acids is 1. The molecule has 0 bridgehead atoms. The third-order valence-electron chi connectivity index (χ3n) is 3.59. The normalized spacial score (nSPS) is 17.4. The Hall–Kier alpha value is -2.45. The van der Waals surface area contributed by atoms with E-state index in [1.165, 1.54) is 19.1 Å². The van der Waals surface area contributed by atoms with E-state index in [1.807, 2.05) is 0 Å². The molecular formula is C17H11FNO4S2-. The van der Waals surface area contributed by atoms with E-state index in [0.29, 0.717) is 17.1 Å². The fourth-order valence-electron chi connectivity index (χ4n) is 2.28. The van der Waals surface area contributed by atoms with Crippen molar-refractivity contribution in [2.75, 3.05) is 0 Å². The minimum absolute atomic E-state index is 0.133. The average molecular weight is 376 g/mol. The molecule has 25 heavy (non-hydrogen) atoms. The fourth-order valence-corrected chi connectivity index (χ4v) is 3.68. The Kier molecular flexibility index (Phi) is 4.73. The van der Waals surface area contributed by atoms with E-state index in [0.717, 1.165) is 16.7 Å². The maximum atomic E-state index is 13.8. The Labute approximate surface area is 152 Å². The van der Waals surface area contributed by atoms with E-state index in [9.17, 15) is 19.1 Å². The van der Waals surface area contributed by atoms with E-state index in [1.54, 1.807) is 30.3 Å². The number of hydrogen-bond donors (Lipinski definition) is 0. The first-order chi connectivity index (χ1) is 11.9. The number of thiocarbonyl (C=S) groups is 1. The van der Waals surface area contributed by atoms with E-state index in [-0.39, 0.29) is 9.23 Å². The molecule has 1 aromatic heterocycles. The van der Waals surface area contributed by atoms with Crippen LogP contribution in [0.3, 0.4) is 0 Å². The number of rotatable bonds is 4. The van der Waals surface area contributed by atoms with Crippen LogP contribution in [0, 0.1) is 5.82 Å². The van der Waals surface area contributed by atoms with Gasteiger partial charge in [-0.15, -0.1) is 0 Å². The quantitative estimate of drug-likeness (QED) is 0.603. The smallest absolute Gasteiger partial charge is 0.266 e. The number of nitrogens with zero attached hydrogens (tertiary/aromatic N) is 1. The molecule has 0 unspecified atom stereocenters. The van der Waals surface area contributed by atoms with Crippen LogP contribution in [0.4, 0.5) is 4.39 Å². The lowest BCUT2D eigenvalue weighted by Crippen LogP contribution is -2.48. The molecule has 2 aromatic rings. The highest BCUT2D eigenvalue weighted by Crippen LogP contribution is 2.35. The number of carbonyl (C=O) groups is 2. The highest BCUT2D eigenvalue weighted by molar-refractivity contribution is 8.26. The largest absolute Gasteiger partial charge is 0.548 e. The Morgan fingerprint density at radius 2 is 2.08 bits per heavy atom. The number of carboxylic acid groups (broad SMARTS) is 1. The van der Waals surface area contributed by atoms with Gasteiger partial charge >= 0.3 is 0 Å². The third-order valence-corrected chi connectivity index (χ3v) is 4.92. The number of benzene rings is 1.